The van der Waals surface area contributed by atoms with Gasteiger partial charge in [0.25, 0.3) is 5.91 Å². The van der Waals surface area contributed by atoms with Gasteiger partial charge in [-0.3, -0.25) is 4.79 Å². The highest BCUT2D eigenvalue weighted by Crippen LogP contribution is 2.29. The van der Waals surface area contributed by atoms with Gasteiger partial charge in [-0.2, -0.15) is 17.6 Å². The number of hydrogen-bond acceptors (Lipinski definition) is 6. The summed E-state index contributed by atoms with van der Waals surface area (Å²) >= 11 is 0. The zero-order valence-electron chi connectivity index (χ0n) is 16.4. The first-order valence-corrected chi connectivity index (χ1v) is 9.33. The highest BCUT2D eigenvalue weighted by Gasteiger charge is 2.44. The van der Waals surface area contributed by atoms with Crippen molar-refractivity contribution in [3.05, 3.63) is 66.4 Å². The fourth-order valence-corrected chi connectivity index (χ4v) is 2.64. The average Bonchev–Trinajstić information content (AvgIpc) is 2.77. The summed E-state index contributed by atoms with van der Waals surface area (Å²) in [6.45, 7) is -0.0605. The van der Waals surface area contributed by atoms with Crippen LogP contribution in [0.15, 0.2) is 60.8 Å². The van der Waals surface area contributed by atoms with E-state index in [9.17, 15) is 22.4 Å². The summed E-state index contributed by atoms with van der Waals surface area (Å²) in [6.07, 6.45) is -7.14. The van der Waals surface area contributed by atoms with Gasteiger partial charge in [-0.05, 0) is 30.3 Å². The van der Waals surface area contributed by atoms with Gasteiger partial charge < -0.3 is 20.5 Å². The normalized spacial score (nSPS) is 11.3. The topological polar surface area (TPSA) is 96.4 Å². The van der Waals surface area contributed by atoms with Gasteiger partial charge in [0.05, 0.1) is 12.3 Å². The van der Waals surface area contributed by atoms with E-state index in [4.69, 9.17) is 5.11 Å². The van der Waals surface area contributed by atoms with Crippen molar-refractivity contribution in [2.24, 2.45) is 0 Å². The van der Waals surface area contributed by atoms with Crippen LogP contribution in [0, 0.1) is 0 Å². The van der Waals surface area contributed by atoms with Crippen molar-refractivity contribution in [3.63, 3.8) is 0 Å². The number of rotatable bonds is 9. The number of anilines is 2. The molecule has 0 saturated heterocycles. The smallest absolute Gasteiger partial charge is 0.428 e. The van der Waals surface area contributed by atoms with Crippen LogP contribution in [0.1, 0.15) is 10.4 Å². The predicted octanol–water partition coefficient (Wildman–Crippen LogP) is 3.85. The van der Waals surface area contributed by atoms with E-state index < -0.39 is 18.3 Å². The van der Waals surface area contributed by atoms with Crippen LogP contribution in [-0.2, 0) is 0 Å². The van der Waals surface area contributed by atoms with Crippen LogP contribution in [0.5, 0.6) is 5.75 Å². The van der Waals surface area contributed by atoms with Crippen LogP contribution >= 0.6 is 0 Å². The van der Waals surface area contributed by atoms with Crippen molar-refractivity contribution in [1.29, 1.82) is 0 Å². The Morgan fingerprint density at radius 3 is 2.66 bits per heavy atom. The van der Waals surface area contributed by atoms with Gasteiger partial charge in [0.15, 0.2) is 0 Å². The first kappa shape index (κ1) is 22.9. The second-order valence-corrected chi connectivity index (χ2v) is 6.44. The minimum absolute atomic E-state index is 0.107. The maximum atomic E-state index is 13.1. The highest BCUT2D eigenvalue weighted by atomic mass is 19.3. The number of nitrogens with zero attached hydrogens (tertiary/aromatic N) is 2. The van der Waals surface area contributed by atoms with Gasteiger partial charge in [-0.15, -0.1) is 0 Å². The van der Waals surface area contributed by atoms with Gasteiger partial charge in [0.1, 0.15) is 5.75 Å². The minimum Gasteiger partial charge on any atom is -0.428 e. The lowest BCUT2D eigenvalue weighted by molar-refractivity contribution is -0.253. The summed E-state index contributed by atoms with van der Waals surface area (Å²) < 4.78 is 55.0. The molecule has 1 amide bonds. The van der Waals surface area contributed by atoms with Crippen molar-refractivity contribution < 1.29 is 32.2 Å². The van der Waals surface area contributed by atoms with Crippen molar-refractivity contribution >= 4 is 17.5 Å². The fraction of sp³-hybridized carbons (Fsp3) is 0.190. The Hall–Kier alpha value is -3.73. The van der Waals surface area contributed by atoms with Gasteiger partial charge >= 0.3 is 12.5 Å². The van der Waals surface area contributed by atoms with Crippen LogP contribution in [0.3, 0.4) is 0 Å². The molecule has 1 heterocycles. The maximum Gasteiger partial charge on any atom is 0.461 e. The number of halogens is 4. The molecule has 168 valence electrons. The molecule has 0 aliphatic heterocycles. The summed E-state index contributed by atoms with van der Waals surface area (Å²) in [4.78, 5) is 20.5. The number of hydrogen-bond donors (Lipinski definition) is 3. The third-order valence-electron chi connectivity index (χ3n) is 4.07. The maximum absolute atomic E-state index is 13.1. The minimum atomic E-state index is -4.62. The molecule has 3 aromatic rings. The second-order valence-electron chi connectivity index (χ2n) is 6.44. The van der Waals surface area contributed by atoms with E-state index in [0.29, 0.717) is 16.8 Å². The van der Waals surface area contributed by atoms with Crippen LogP contribution < -0.4 is 15.4 Å². The van der Waals surface area contributed by atoms with E-state index >= 15 is 0 Å². The number of aliphatic hydroxyl groups is 1. The van der Waals surface area contributed by atoms with Crippen molar-refractivity contribution in [3.8, 4) is 17.0 Å². The first-order chi connectivity index (χ1) is 15.3. The third-order valence-corrected chi connectivity index (χ3v) is 4.07. The van der Waals surface area contributed by atoms with Gasteiger partial charge in [0, 0.05) is 35.6 Å². The summed E-state index contributed by atoms with van der Waals surface area (Å²) in [7, 11) is 0. The predicted molar refractivity (Wildman–Crippen MR) is 108 cm³/mol. The Bertz CT molecular complexity index is 1080. The molecule has 1 aromatic heterocycles. The largest absolute Gasteiger partial charge is 0.461 e. The number of carbonyl (C=O) groups is 1. The molecule has 7 nitrogen and oxygen atoms in total. The molecule has 3 rings (SSSR count). The van der Waals surface area contributed by atoms with E-state index in [2.05, 4.69) is 25.3 Å². The molecule has 0 spiro atoms. The quantitative estimate of drug-likeness (QED) is 0.429. The lowest BCUT2D eigenvalue weighted by Crippen LogP contribution is -2.33. The standard InChI is InChI=1S/C21H18F4N4O3/c22-19(23)21(24,25)32-16-6-2-5-15(12-16)28-20-27-8-7-17(29-20)13-3-1-4-14(11-13)18(31)26-9-10-30/h1-8,11-12,19,30H,9-10H2,(H,26,31)(H,27,28,29). The van der Waals surface area contributed by atoms with E-state index in [1.54, 1.807) is 30.3 Å². The lowest BCUT2D eigenvalue weighted by atomic mass is 10.1. The van der Waals surface area contributed by atoms with Gasteiger partial charge in [-0.25, -0.2) is 9.97 Å². The van der Waals surface area contributed by atoms with Crippen LogP contribution in [0.25, 0.3) is 11.3 Å². The molecule has 0 aliphatic rings. The first-order valence-electron chi connectivity index (χ1n) is 9.33. The summed E-state index contributed by atoms with van der Waals surface area (Å²) in [5.41, 5.74) is 1.69. The van der Waals surface area contributed by atoms with Crippen LogP contribution in [-0.4, -0.2) is 46.7 Å². The number of ether oxygens (including phenoxy) is 1. The molecule has 11 heteroatoms. The van der Waals surface area contributed by atoms with Gasteiger partial charge in [0.2, 0.25) is 5.95 Å². The Morgan fingerprint density at radius 1 is 1.12 bits per heavy atom. The SMILES string of the molecule is O=C(NCCO)c1cccc(-c2ccnc(Nc3cccc(OC(F)(F)C(F)F)c3)n2)c1. The number of amides is 1. The van der Waals surface area contributed by atoms with Crippen molar-refractivity contribution in [1.82, 2.24) is 15.3 Å². The molecular formula is C21H18F4N4O3. The summed E-state index contributed by atoms with van der Waals surface area (Å²) in [5, 5.41) is 14.2. The Morgan fingerprint density at radius 2 is 1.91 bits per heavy atom. The Labute approximate surface area is 180 Å². The molecule has 0 radical (unpaired) electrons. The molecular weight excluding hydrogens is 432 g/mol. The van der Waals surface area contributed by atoms with E-state index in [1.165, 1.54) is 18.3 Å². The van der Waals surface area contributed by atoms with E-state index in [1.807, 2.05) is 0 Å². The molecule has 2 aromatic carbocycles. The number of carbonyl (C=O) groups excluding carboxylic acids is 1. The highest BCUT2D eigenvalue weighted by molar-refractivity contribution is 5.95. The van der Waals surface area contributed by atoms with Crippen molar-refractivity contribution in [2.45, 2.75) is 12.5 Å². The number of nitrogens with one attached hydrogen (secondary N) is 2. The zero-order chi connectivity index (χ0) is 23.1. The number of alkyl halides is 4. The molecule has 3 N–H and O–H groups in total. The molecule has 0 fully saturated rings. The van der Waals surface area contributed by atoms with Crippen molar-refractivity contribution in [2.75, 3.05) is 18.5 Å². The second kappa shape index (κ2) is 10.1. The molecule has 0 saturated carbocycles. The molecule has 0 unspecified atom stereocenters. The summed E-state index contributed by atoms with van der Waals surface area (Å²) in [6, 6.07) is 13.3. The number of benzene rings is 2. The monoisotopic (exact) mass is 450 g/mol. The molecule has 32 heavy (non-hydrogen) atoms. The van der Waals surface area contributed by atoms with Crippen LogP contribution in [0.4, 0.5) is 29.2 Å². The average molecular weight is 450 g/mol. The number of aromatic nitrogens is 2. The Kier molecular flexibility index (Phi) is 7.21. The molecule has 0 atom stereocenters. The van der Waals surface area contributed by atoms with Crippen LogP contribution in [0.2, 0.25) is 0 Å². The lowest BCUT2D eigenvalue weighted by Gasteiger charge is -2.17. The fourth-order valence-electron chi connectivity index (χ4n) is 2.64. The Balaban J connectivity index is 1.78. The zero-order valence-corrected chi connectivity index (χ0v) is 16.4. The molecule has 0 aliphatic carbocycles. The summed E-state index contributed by atoms with van der Waals surface area (Å²) in [5.74, 6) is -0.709. The third kappa shape index (κ3) is 5.91. The van der Waals surface area contributed by atoms with Gasteiger partial charge in [-0.1, -0.05) is 18.2 Å². The molecule has 0 bridgehead atoms. The van der Waals surface area contributed by atoms with E-state index in [-0.39, 0.29) is 30.7 Å². The number of aliphatic hydroxyl groups excluding tert-OH is 1. The van der Waals surface area contributed by atoms with E-state index in [0.717, 1.165) is 12.1 Å².